The quantitative estimate of drug-likeness (QED) is 0.255. The number of thiocarbonyl (C=S) groups is 1. The minimum Gasteiger partial charge on any atom is -0.497 e. The van der Waals surface area contributed by atoms with Crippen molar-refractivity contribution in [3.05, 3.63) is 127 Å². The zero-order chi connectivity index (χ0) is 25.9. The number of rotatable bonds is 7. The van der Waals surface area contributed by atoms with Gasteiger partial charge in [0.2, 0.25) is 0 Å². The molecule has 7 nitrogen and oxygen atoms in total. The van der Waals surface area contributed by atoms with E-state index >= 15 is 0 Å². The second-order valence-corrected chi connectivity index (χ2v) is 9.16. The van der Waals surface area contributed by atoms with Crippen LogP contribution in [0.5, 0.6) is 17.2 Å². The minimum absolute atomic E-state index is 0.144. The average Bonchev–Trinajstić information content (AvgIpc) is 3.59. The minimum atomic E-state index is -0.145. The number of anilines is 1. The number of pyridine rings is 2. The maximum Gasteiger partial charge on any atom is 0.174 e. The van der Waals surface area contributed by atoms with Gasteiger partial charge in [0.05, 0.1) is 18.8 Å². The summed E-state index contributed by atoms with van der Waals surface area (Å²) < 4.78 is 13.5. The summed E-state index contributed by atoms with van der Waals surface area (Å²) in [6, 6.07) is 29.3. The van der Waals surface area contributed by atoms with Crippen LogP contribution < -0.4 is 19.7 Å². The predicted octanol–water partition coefficient (Wildman–Crippen LogP) is 6.25. The molecule has 1 aliphatic heterocycles. The fourth-order valence-corrected chi connectivity index (χ4v) is 5.11. The van der Waals surface area contributed by atoms with Crippen LogP contribution in [-0.2, 0) is 0 Å². The highest BCUT2D eigenvalue weighted by molar-refractivity contribution is 7.80. The van der Waals surface area contributed by atoms with Gasteiger partial charge >= 0.3 is 0 Å². The maximum absolute atomic E-state index is 6.05. The van der Waals surface area contributed by atoms with Gasteiger partial charge in [-0.3, -0.25) is 9.97 Å². The van der Waals surface area contributed by atoms with E-state index in [1.807, 2.05) is 85.1 Å². The average molecular weight is 520 g/mol. The summed E-state index contributed by atoms with van der Waals surface area (Å²) >= 11 is 5.90. The van der Waals surface area contributed by atoms with E-state index in [1.165, 1.54) is 0 Å². The molecule has 2 aromatic carbocycles. The molecule has 6 rings (SSSR count). The molecule has 8 heteroatoms. The SMILES string of the molecule is COc1ccc(Oc2ccc(N3C(=S)N[C@@H](c4ccccn4)[C@H]3c3cccn3-c3ccncc3)cc2)cc1. The molecule has 0 bridgehead atoms. The van der Waals surface area contributed by atoms with E-state index in [4.69, 9.17) is 21.7 Å². The van der Waals surface area contributed by atoms with Crippen LogP contribution in [0.1, 0.15) is 23.5 Å². The van der Waals surface area contributed by atoms with Gasteiger partial charge in [-0.15, -0.1) is 0 Å². The molecule has 0 radical (unpaired) electrons. The Labute approximate surface area is 226 Å². The standard InChI is InChI=1S/C30H25N5O2S/c1-36-23-11-13-25(14-12-23)37-24-9-7-22(8-10-24)35-29(28(33-30(35)38)26-5-2-3-17-32-26)27-6-4-20-34(27)21-15-18-31-19-16-21/h2-20,28-29H,1H3,(H,33,38)/t28-,29+/m0/s1. The Morgan fingerprint density at radius 2 is 1.47 bits per heavy atom. The summed E-state index contributed by atoms with van der Waals surface area (Å²) in [6.07, 6.45) is 7.47. The third-order valence-corrected chi connectivity index (χ3v) is 6.85. The number of nitrogens with zero attached hydrogens (tertiary/aromatic N) is 4. The van der Waals surface area contributed by atoms with Crippen LogP contribution >= 0.6 is 12.2 Å². The van der Waals surface area contributed by atoms with Crippen LogP contribution in [-0.4, -0.2) is 26.8 Å². The number of ether oxygens (including phenoxy) is 2. The molecule has 188 valence electrons. The normalized spacial score (nSPS) is 16.8. The van der Waals surface area contributed by atoms with Crippen LogP contribution in [0.4, 0.5) is 5.69 Å². The second kappa shape index (κ2) is 10.4. The smallest absolute Gasteiger partial charge is 0.174 e. The zero-order valence-corrected chi connectivity index (χ0v) is 21.5. The highest BCUT2D eigenvalue weighted by Crippen LogP contribution is 2.42. The van der Waals surface area contributed by atoms with E-state index in [1.54, 1.807) is 19.5 Å². The lowest BCUT2D eigenvalue weighted by molar-refractivity contribution is 0.413. The van der Waals surface area contributed by atoms with Crippen molar-refractivity contribution in [2.75, 3.05) is 12.0 Å². The van der Waals surface area contributed by atoms with Crippen LogP contribution in [0.2, 0.25) is 0 Å². The fraction of sp³-hybridized carbons (Fsp3) is 0.100. The van der Waals surface area contributed by atoms with E-state index < -0.39 is 0 Å². The lowest BCUT2D eigenvalue weighted by Gasteiger charge is -2.29. The first-order valence-electron chi connectivity index (χ1n) is 12.2. The highest BCUT2D eigenvalue weighted by Gasteiger charge is 2.42. The number of aromatic nitrogens is 3. The largest absolute Gasteiger partial charge is 0.497 e. The summed E-state index contributed by atoms with van der Waals surface area (Å²) in [5, 5.41) is 4.16. The third-order valence-electron chi connectivity index (χ3n) is 6.53. The molecule has 1 fully saturated rings. The Kier molecular flexibility index (Phi) is 6.46. The van der Waals surface area contributed by atoms with Gasteiger partial charge in [0, 0.05) is 41.9 Å². The Morgan fingerprint density at radius 3 is 2.16 bits per heavy atom. The van der Waals surface area contributed by atoms with Crippen molar-refractivity contribution in [3.8, 4) is 22.9 Å². The van der Waals surface area contributed by atoms with Gasteiger partial charge in [-0.05, 0) is 97.1 Å². The first-order chi connectivity index (χ1) is 18.7. The molecular weight excluding hydrogens is 494 g/mol. The monoisotopic (exact) mass is 519 g/mol. The van der Waals surface area contributed by atoms with Gasteiger partial charge in [0.25, 0.3) is 0 Å². The lowest BCUT2D eigenvalue weighted by atomic mass is 10.0. The van der Waals surface area contributed by atoms with Crippen LogP contribution in [0, 0.1) is 0 Å². The van der Waals surface area contributed by atoms with Gasteiger partial charge in [-0.25, -0.2) is 0 Å². The first-order valence-corrected chi connectivity index (χ1v) is 12.6. The van der Waals surface area contributed by atoms with E-state index in [0.717, 1.165) is 40.0 Å². The van der Waals surface area contributed by atoms with Gasteiger partial charge in [-0.1, -0.05) is 6.07 Å². The molecule has 1 aliphatic rings. The lowest BCUT2D eigenvalue weighted by Crippen LogP contribution is -2.30. The number of hydrogen-bond acceptors (Lipinski definition) is 5. The Hall–Kier alpha value is -4.69. The van der Waals surface area contributed by atoms with E-state index in [-0.39, 0.29) is 12.1 Å². The number of hydrogen-bond donors (Lipinski definition) is 1. The third kappa shape index (κ3) is 4.57. The van der Waals surface area contributed by atoms with Crippen molar-refractivity contribution in [2.45, 2.75) is 12.1 Å². The molecular formula is C30H25N5O2S. The maximum atomic E-state index is 6.05. The van der Waals surface area contributed by atoms with Crippen molar-refractivity contribution < 1.29 is 9.47 Å². The van der Waals surface area contributed by atoms with Crippen molar-refractivity contribution in [2.24, 2.45) is 0 Å². The van der Waals surface area contributed by atoms with Gasteiger partial charge < -0.3 is 24.3 Å². The molecule has 38 heavy (non-hydrogen) atoms. The van der Waals surface area contributed by atoms with Crippen LogP contribution in [0.3, 0.4) is 0 Å². The van der Waals surface area contributed by atoms with Crippen molar-refractivity contribution in [1.82, 2.24) is 19.9 Å². The summed E-state index contributed by atoms with van der Waals surface area (Å²) in [6.45, 7) is 0. The Morgan fingerprint density at radius 1 is 0.763 bits per heavy atom. The molecule has 3 aromatic heterocycles. The molecule has 0 amide bonds. The zero-order valence-electron chi connectivity index (χ0n) is 20.6. The molecule has 1 saturated heterocycles. The van der Waals surface area contributed by atoms with E-state index in [2.05, 4.69) is 43.1 Å². The Bertz CT molecular complexity index is 1520. The number of benzene rings is 2. The highest BCUT2D eigenvalue weighted by atomic mass is 32.1. The summed E-state index contributed by atoms with van der Waals surface area (Å²) in [5.41, 5.74) is 3.98. The predicted molar refractivity (Wildman–Crippen MR) is 151 cm³/mol. The Balaban J connectivity index is 1.36. The summed E-state index contributed by atoms with van der Waals surface area (Å²) in [7, 11) is 1.64. The van der Waals surface area contributed by atoms with Crippen LogP contribution in [0.15, 0.2) is 116 Å². The van der Waals surface area contributed by atoms with Crippen molar-refractivity contribution in [3.63, 3.8) is 0 Å². The fourth-order valence-electron chi connectivity index (χ4n) is 4.76. The molecule has 2 atom stereocenters. The van der Waals surface area contributed by atoms with Crippen molar-refractivity contribution in [1.29, 1.82) is 0 Å². The second-order valence-electron chi connectivity index (χ2n) is 8.78. The topological polar surface area (TPSA) is 64.4 Å². The number of nitrogens with one attached hydrogen (secondary N) is 1. The van der Waals surface area contributed by atoms with Gasteiger partial charge in [0.1, 0.15) is 23.3 Å². The molecule has 1 N–H and O–H groups in total. The molecule has 0 spiro atoms. The van der Waals surface area contributed by atoms with Gasteiger partial charge in [-0.2, -0.15) is 0 Å². The molecule has 0 aliphatic carbocycles. The van der Waals surface area contributed by atoms with Crippen LogP contribution in [0.25, 0.3) is 5.69 Å². The molecule has 0 saturated carbocycles. The summed E-state index contributed by atoms with van der Waals surface area (Å²) in [4.78, 5) is 11.0. The first kappa shape index (κ1) is 23.7. The van der Waals surface area contributed by atoms with Crippen molar-refractivity contribution >= 4 is 23.0 Å². The van der Waals surface area contributed by atoms with E-state index in [0.29, 0.717) is 5.11 Å². The number of methoxy groups -OCH3 is 1. The summed E-state index contributed by atoms with van der Waals surface area (Å²) in [5.74, 6) is 2.25. The molecule has 5 aromatic rings. The van der Waals surface area contributed by atoms with E-state index in [9.17, 15) is 0 Å². The molecule has 4 heterocycles. The van der Waals surface area contributed by atoms with Gasteiger partial charge in [0.15, 0.2) is 5.11 Å². The molecule has 0 unspecified atom stereocenters.